The van der Waals surface area contributed by atoms with Crippen molar-refractivity contribution in [1.82, 2.24) is 0 Å². The van der Waals surface area contributed by atoms with E-state index in [-0.39, 0.29) is 29.0 Å². The summed E-state index contributed by atoms with van der Waals surface area (Å²) in [5.74, 6) is -0.861. The predicted octanol–water partition coefficient (Wildman–Crippen LogP) is 1.97. The average molecular weight is 230 g/mol. The van der Waals surface area contributed by atoms with E-state index in [1.54, 1.807) is 19.1 Å². The summed E-state index contributed by atoms with van der Waals surface area (Å²) in [5, 5.41) is 8.73. The first-order valence-corrected chi connectivity index (χ1v) is 4.84. The number of carbonyl (C=O) groups is 1. The number of nitrogen functional groups attached to an aromatic ring is 1. The Bertz CT molecular complexity index is 366. The fourth-order valence-electron chi connectivity index (χ4n) is 1.10. The Morgan fingerprint density at radius 2 is 2.33 bits per heavy atom. The van der Waals surface area contributed by atoms with Crippen molar-refractivity contribution < 1.29 is 14.6 Å². The second-order valence-electron chi connectivity index (χ2n) is 3.12. The smallest absolute Gasteiger partial charge is 0.341 e. The van der Waals surface area contributed by atoms with Crippen molar-refractivity contribution in [3.05, 3.63) is 23.8 Å². The molecule has 0 radical (unpaired) electrons. The number of benzene rings is 1. The molecule has 5 heteroatoms. The molecule has 0 heterocycles. The van der Waals surface area contributed by atoms with E-state index in [0.717, 1.165) is 0 Å². The molecule has 0 aliphatic heterocycles. The van der Waals surface area contributed by atoms with E-state index < -0.39 is 5.97 Å². The first-order valence-electron chi connectivity index (χ1n) is 4.41. The summed E-state index contributed by atoms with van der Waals surface area (Å²) < 4.78 is 5.25. The van der Waals surface area contributed by atoms with Crippen molar-refractivity contribution in [1.29, 1.82) is 0 Å². The first-order chi connectivity index (χ1) is 7.02. The van der Waals surface area contributed by atoms with Crippen molar-refractivity contribution in [2.45, 2.75) is 12.3 Å². The number of carboxylic acids is 1. The Balaban J connectivity index is 2.96. The predicted molar refractivity (Wildman–Crippen MR) is 58.6 cm³/mol. The van der Waals surface area contributed by atoms with Crippen molar-refractivity contribution in [3.8, 4) is 5.75 Å². The lowest BCUT2D eigenvalue weighted by Gasteiger charge is -2.11. The van der Waals surface area contributed by atoms with E-state index in [4.69, 9.17) is 27.2 Å². The van der Waals surface area contributed by atoms with Gasteiger partial charge in [0.05, 0.1) is 5.38 Å². The van der Waals surface area contributed by atoms with E-state index in [1.807, 2.05) is 0 Å². The zero-order valence-electron chi connectivity index (χ0n) is 8.24. The average Bonchev–Trinajstić information content (AvgIpc) is 2.13. The zero-order valence-corrected chi connectivity index (χ0v) is 8.99. The molecule has 1 aromatic carbocycles. The van der Waals surface area contributed by atoms with Crippen LogP contribution in [0.1, 0.15) is 17.3 Å². The fourth-order valence-corrected chi connectivity index (χ4v) is 1.16. The highest BCUT2D eigenvalue weighted by molar-refractivity contribution is 6.20. The van der Waals surface area contributed by atoms with Crippen molar-refractivity contribution in [2.75, 3.05) is 12.3 Å². The number of hydrogen-bond acceptors (Lipinski definition) is 3. The second kappa shape index (κ2) is 4.89. The van der Waals surface area contributed by atoms with Gasteiger partial charge in [0.15, 0.2) is 0 Å². The summed E-state index contributed by atoms with van der Waals surface area (Å²) in [6.45, 7) is 2.00. The number of halogens is 1. The minimum atomic E-state index is -1.11. The highest BCUT2D eigenvalue weighted by atomic mass is 35.5. The maximum Gasteiger partial charge on any atom is 0.341 e. The van der Waals surface area contributed by atoms with Crippen LogP contribution in [0, 0.1) is 0 Å². The monoisotopic (exact) mass is 229 g/mol. The summed E-state index contributed by atoms with van der Waals surface area (Å²) in [4.78, 5) is 10.9. The van der Waals surface area contributed by atoms with Gasteiger partial charge in [0.1, 0.15) is 17.9 Å². The van der Waals surface area contributed by atoms with Gasteiger partial charge in [-0.05, 0) is 19.1 Å². The SMILES string of the molecule is CC(Cl)COc1cccc(N)c1C(=O)O. The Morgan fingerprint density at radius 1 is 1.67 bits per heavy atom. The molecule has 0 spiro atoms. The molecule has 82 valence electrons. The minimum absolute atomic E-state index is 0.0187. The van der Waals surface area contributed by atoms with Gasteiger partial charge < -0.3 is 15.6 Å². The van der Waals surface area contributed by atoms with Gasteiger partial charge in [-0.15, -0.1) is 11.6 Å². The van der Waals surface area contributed by atoms with E-state index in [0.29, 0.717) is 0 Å². The molecule has 15 heavy (non-hydrogen) atoms. The summed E-state index contributed by atoms with van der Waals surface area (Å²) in [6, 6.07) is 4.70. The van der Waals surface area contributed by atoms with Crippen LogP contribution in [0.4, 0.5) is 5.69 Å². The number of hydrogen-bond donors (Lipinski definition) is 2. The van der Waals surface area contributed by atoms with Crippen LogP contribution in [0.5, 0.6) is 5.75 Å². The molecule has 0 fully saturated rings. The molecule has 0 amide bonds. The largest absolute Gasteiger partial charge is 0.491 e. The van der Waals surface area contributed by atoms with Crippen LogP contribution in [-0.4, -0.2) is 23.1 Å². The van der Waals surface area contributed by atoms with E-state index in [1.165, 1.54) is 6.07 Å². The molecule has 1 rings (SSSR count). The van der Waals surface area contributed by atoms with E-state index in [9.17, 15) is 4.79 Å². The van der Waals surface area contributed by atoms with Gasteiger partial charge in [0.2, 0.25) is 0 Å². The lowest BCUT2D eigenvalue weighted by atomic mass is 10.1. The normalized spacial score (nSPS) is 12.1. The topological polar surface area (TPSA) is 72.5 Å². The van der Waals surface area contributed by atoms with Crippen LogP contribution in [0.25, 0.3) is 0 Å². The number of carboxylic acid groups (broad SMARTS) is 1. The molecule has 0 bridgehead atoms. The summed E-state index contributed by atoms with van der Waals surface area (Å²) in [6.07, 6.45) is 0. The van der Waals surface area contributed by atoms with E-state index in [2.05, 4.69) is 0 Å². The van der Waals surface area contributed by atoms with Gasteiger partial charge in [-0.3, -0.25) is 0 Å². The Labute approximate surface area is 92.6 Å². The van der Waals surface area contributed by atoms with Crippen LogP contribution in [0.15, 0.2) is 18.2 Å². The van der Waals surface area contributed by atoms with Crippen LogP contribution < -0.4 is 10.5 Å². The third kappa shape index (κ3) is 3.02. The molecule has 0 aliphatic carbocycles. The quantitative estimate of drug-likeness (QED) is 0.612. The maximum atomic E-state index is 10.9. The van der Waals surface area contributed by atoms with Crippen LogP contribution in [0.2, 0.25) is 0 Å². The second-order valence-corrected chi connectivity index (χ2v) is 3.86. The first kappa shape index (κ1) is 11.7. The number of nitrogens with two attached hydrogens (primary N) is 1. The van der Waals surface area contributed by atoms with Gasteiger partial charge in [-0.2, -0.15) is 0 Å². The van der Waals surface area contributed by atoms with Gasteiger partial charge in [0.25, 0.3) is 0 Å². The van der Waals surface area contributed by atoms with Gasteiger partial charge in [-0.25, -0.2) is 4.79 Å². The van der Waals surface area contributed by atoms with Gasteiger partial charge in [-0.1, -0.05) is 6.07 Å². The van der Waals surface area contributed by atoms with Crippen molar-refractivity contribution >= 4 is 23.3 Å². The zero-order chi connectivity index (χ0) is 11.4. The number of rotatable bonds is 4. The molecule has 1 atom stereocenters. The minimum Gasteiger partial charge on any atom is -0.491 e. The maximum absolute atomic E-state index is 10.9. The molecule has 0 saturated carbocycles. The molecular weight excluding hydrogens is 218 g/mol. The number of ether oxygens (including phenoxy) is 1. The van der Waals surface area contributed by atoms with E-state index >= 15 is 0 Å². The fraction of sp³-hybridized carbons (Fsp3) is 0.300. The third-order valence-corrected chi connectivity index (χ3v) is 1.87. The lowest BCUT2D eigenvalue weighted by Crippen LogP contribution is -2.11. The van der Waals surface area contributed by atoms with Crippen LogP contribution in [0.3, 0.4) is 0 Å². The van der Waals surface area contributed by atoms with Crippen LogP contribution >= 0.6 is 11.6 Å². The standard InChI is InChI=1S/C10H12ClNO3/c1-6(11)5-15-8-4-2-3-7(12)9(8)10(13)14/h2-4,6H,5,12H2,1H3,(H,13,14). The number of alkyl halides is 1. The summed E-state index contributed by atoms with van der Waals surface area (Å²) in [5.41, 5.74) is 5.70. The molecule has 1 aromatic rings. The molecule has 4 nitrogen and oxygen atoms in total. The lowest BCUT2D eigenvalue weighted by molar-refractivity contribution is 0.0693. The molecule has 0 saturated heterocycles. The highest BCUT2D eigenvalue weighted by Gasteiger charge is 2.15. The Morgan fingerprint density at radius 3 is 2.87 bits per heavy atom. The molecule has 0 aromatic heterocycles. The number of anilines is 1. The molecular formula is C10H12ClNO3. The van der Waals surface area contributed by atoms with Gasteiger partial charge in [0, 0.05) is 5.69 Å². The Kier molecular flexibility index (Phi) is 3.80. The molecule has 3 N–H and O–H groups in total. The molecule has 1 unspecified atom stereocenters. The van der Waals surface area contributed by atoms with Gasteiger partial charge >= 0.3 is 5.97 Å². The number of aromatic carboxylic acids is 1. The van der Waals surface area contributed by atoms with Crippen molar-refractivity contribution in [2.24, 2.45) is 0 Å². The highest BCUT2D eigenvalue weighted by Crippen LogP contribution is 2.24. The third-order valence-electron chi connectivity index (χ3n) is 1.74. The summed E-state index contributed by atoms with van der Waals surface area (Å²) in [7, 11) is 0. The molecule has 0 aliphatic rings. The summed E-state index contributed by atoms with van der Waals surface area (Å²) >= 11 is 5.70. The van der Waals surface area contributed by atoms with Crippen LogP contribution in [-0.2, 0) is 0 Å². The Hall–Kier alpha value is -1.42. The van der Waals surface area contributed by atoms with Crippen molar-refractivity contribution in [3.63, 3.8) is 0 Å².